The molecule has 0 saturated carbocycles. The molecule has 3 rings (SSSR count). The molecule has 0 spiro atoms. The summed E-state index contributed by atoms with van der Waals surface area (Å²) >= 11 is 6.06. The van der Waals surface area contributed by atoms with Gasteiger partial charge in [-0.2, -0.15) is 0 Å². The van der Waals surface area contributed by atoms with Crippen molar-refractivity contribution >= 4 is 17.5 Å². The summed E-state index contributed by atoms with van der Waals surface area (Å²) < 4.78 is 14.7. The van der Waals surface area contributed by atoms with E-state index < -0.39 is 5.82 Å². The van der Waals surface area contributed by atoms with Gasteiger partial charge in [0.1, 0.15) is 17.2 Å². The van der Waals surface area contributed by atoms with Gasteiger partial charge in [0.2, 0.25) is 5.95 Å². The molecule has 7 heteroatoms. The molecule has 23 heavy (non-hydrogen) atoms. The van der Waals surface area contributed by atoms with Gasteiger partial charge in [-0.15, -0.1) is 10.2 Å². The van der Waals surface area contributed by atoms with Crippen LogP contribution in [0.5, 0.6) is 0 Å². The van der Waals surface area contributed by atoms with Crippen molar-refractivity contribution in [2.75, 3.05) is 5.73 Å². The lowest BCUT2D eigenvalue weighted by molar-refractivity contribution is 0.613. The molecule has 4 N–H and O–H groups in total. The number of nitrogen functional groups attached to an aromatic ring is 1. The molecule has 0 unspecified atom stereocenters. The number of nitrogens with two attached hydrogens (primary N) is 2. The van der Waals surface area contributed by atoms with Crippen LogP contribution in [0.25, 0.3) is 22.5 Å². The molecule has 0 saturated heterocycles. The summed E-state index contributed by atoms with van der Waals surface area (Å²) in [6, 6.07) is 12.2. The number of hydrogen-bond donors (Lipinski definition) is 2. The van der Waals surface area contributed by atoms with Gasteiger partial charge in [-0.3, -0.25) is 0 Å². The number of benzene rings is 2. The SMILES string of the molecule is NCc1cc(Cl)cc(-c2nnc(N)nc2-c2ccccc2)c1F. The fourth-order valence-electron chi connectivity index (χ4n) is 2.28. The molecule has 0 fully saturated rings. The quantitative estimate of drug-likeness (QED) is 0.770. The molecule has 116 valence electrons. The molecular formula is C16H13ClFN5. The minimum atomic E-state index is -0.491. The molecule has 0 aliphatic heterocycles. The highest BCUT2D eigenvalue weighted by atomic mass is 35.5. The Bertz CT molecular complexity index is 855. The fraction of sp³-hybridized carbons (Fsp3) is 0.0625. The lowest BCUT2D eigenvalue weighted by atomic mass is 10.0. The maximum atomic E-state index is 14.7. The van der Waals surface area contributed by atoms with E-state index >= 15 is 0 Å². The van der Waals surface area contributed by atoms with E-state index in [2.05, 4.69) is 15.2 Å². The van der Waals surface area contributed by atoms with Gasteiger partial charge in [0.15, 0.2) is 0 Å². The molecule has 0 bridgehead atoms. The predicted octanol–water partition coefficient (Wildman–Crippen LogP) is 3.04. The summed E-state index contributed by atoms with van der Waals surface area (Å²) in [6.07, 6.45) is 0. The maximum absolute atomic E-state index is 14.7. The van der Waals surface area contributed by atoms with Gasteiger partial charge >= 0.3 is 0 Å². The van der Waals surface area contributed by atoms with Gasteiger partial charge in [0.05, 0.1) is 0 Å². The van der Waals surface area contributed by atoms with Crippen LogP contribution in [-0.2, 0) is 6.54 Å². The first-order valence-electron chi connectivity index (χ1n) is 6.84. The first-order valence-corrected chi connectivity index (χ1v) is 7.22. The van der Waals surface area contributed by atoms with Gasteiger partial charge in [-0.05, 0) is 12.1 Å². The van der Waals surface area contributed by atoms with Gasteiger partial charge in [-0.1, -0.05) is 41.9 Å². The van der Waals surface area contributed by atoms with Gasteiger partial charge in [0.25, 0.3) is 0 Å². The molecule has 1 heterocycles. The standard InChI is InChI=1S/C16H13ClFN5/c17-11-6-10(8-19)13(18)12(7-11)15-14(21-16(20)23-22-15)9-4-2-1-3-5-9/h1-7H,8,19H2,(H2,20,21,23). The van der Waals surface area contributed by atoms with E-state index in [9.17, 15) is 4.39 Å². The zero-order chi connectivity index (χ0) is 16.4. The highest BCUT2D eigenvalue weighted by Crippen LogP contribution is 2.33. The number of nitrogens with zero attached hydrogens (tertiary/aromatic N) is 3. The monoisotopic (exact) mass is 329 g/mol. The van der Waals surface area contributed by atoms with E-state index in [1.165, 1.54) is 12.1 Å². The van der Waals surface area contributed by atoms with Crippen LogP contribution in [-0.4, -0.2) is 15.2 Å². The van der Waals surface area contributed by atoms with Crippen molar-refractivity contribution in [2.45, 2.75) is 6.54 Å². The van der Waals surface area contributed by atoms with E-state index in [-0.39, 0.29) is 23.8 Å². The van der Waals surface area contributed by atoms with Crippen molar-refractivity contribution in [1.29, 1.82) is 0 Å². The summed E-state index contributed by atoms with van der Waals surface area (Å²) in [5, 5.41) is 8.13. The molecule has 0 atom stereocenters. The van der Waals surface area contributed by atoms with Crippen molar-refractivity contribution in [3.8, 4) is 22.5 Å². The average Bonchev–Trinajstić information content (AvgIpc) is 2.57. The van der Waals surface area contributed by atoms with Crippen LogP contribution >= 0.6 is 11.6 Å². The van der Waals surface area contributed by atoms with Crippen molar-refractivity contribution in [3.05, 3.63) is 58.9 Å². The maximum Gasteiger partial charge on any atom is 0.240 e. The van der Waals surface area contributed by atoms with Crippen LogP contribution in [0.15, 0.2) is 42.5 Å². The summed E-state index contributed by atoms with van der Waals surface area (Å²) in [5.74, 6) is -0.482. The highest BCUT2D eigenvalue weighted by Gasteiger charge is 2.18. The molecule has 2 aromatic carbocycles. The van der Waals surface area contributed by atoms with Crippen molar-refractivity contribution in [1.82, 2.24) is 15.2 Å². The fourth-order valence-corrected chi connectivity index (χ4v) is 2.52. The Morgan fingerprint density at radius 2 is 1.78 bits per heavy atom. The van der Waals surface area contributed by atoms with Gasteiger partial charge in [-0.25, -0.2) is 9.37 Å². The van der Waals surface area contributed by atoms with E-state index in [1.807, 2.05) is 30.3 Å². The Hall–Kier alpha value is -2.57. The first kappa shape index (κ1) is 15.3. The summed E-state index contributed by atoms with van der Waals surface area (Å²) in [4.78, 5) is 4.21. The Balaban J connectivity index is 2.28. The second-order valence-electron chi connectivity index (χ2n) is 4.86. The normalized spacial score (nSPS) is 10.7. The number of rotatable bonds is 3. The summed E-state index contributed by atoms with van der Waals surface area (Å²) in [5.41, 5.74) is 13.1. The van der Waals surface area contributed by atoms with Crippen LogP contribution in [0.4, 0.5) is 10.3 Å². The molecule has 5 nitrogen and oxygen atoms in total. The van der Waals surface area contributed by atoms with E-state index in [0.29, 0.717) is 16.3 Å². The average molecular weight is 330 g/mol. The van der Waals surface area contributed by atoms with Crippen LogP contribution < -0.4 is 11.5 Å². The third-order valence-corrected chi connectivity index (χ3v) is 3.56. The minimum Gasteiger partial charge on any atom is -0.366 e. The van der Waals surface area contributed by atoms with Gasteiger partial charge in [0, 0.05) is 28.3 Å². The molecule has 1 aromatic heterocycles. The van der Waals surface area contributed by atoms with Crippen molar-refractivity contribution < 1.29 is 4.39 Å². The van der Waals surface area contributed by atoms with E-state index in [0.717, 1.165) is 5.56 Å². The van der Waals surface area contributed by atoms with Gasteiger partial charge < -0.3 is 11.5 Å². The number of hydrogen-bond acceptors (Lipinski definition) is 5. The van der Waals surface area contributed by atoms with Crippen LogP contribution in [0.3, 0.4) is 0 Å². The Labute approximate surface area is 137 Å². The zero-order valence-electron chi connectivity index (χ0n) is 12.0. The lowest BCUT2D eigenvalue weighted by Crippen LogP contribution is -2.06. The smallest absolute Gasteiger partial charge is 0.240 e. The van der Waals surface area contributed by atoms with Crippen LogP contribution in [0.2, 0.25) is 5.02 Å². The predicted molar refractivity (Wildman–Crippen MR) is 88.0 cm³/mol. The third-order valence-electron chi connectivity index (χ3n) is 3.34. The molecular weight excluding hydrogens is 317 g/mol. The zero-order valence-corrected chi connectivity index (χ0v) is 12.8. The molecule has 0 radical (unpaired) electrons. The number of anilines is 1. The van der Waals surface area contributed by atoms with E-state index in [4.69, 9.17) is 23.1 Å². The third kappa shape index (κ3) is 2.99. The van der Waals surface area contributed by atoms with Crippen molar-refractivity contribution in [3.63, 3.8) is 0 Å². The largest absolute Gasteiger partial charge is 0.366 e. The second kappa shape index (κ2) is 6.28. The highest BCUT2D eigenvalue weighted by molar-refractivity contribution is 6.31. The Morgan fingerprint density at radius 1 is 1.04 bits per heavy atom. The second-order valence-corrected chi connectivity index (χ2v) is 5.30. The van der Waals surface area contributed by atoms with Crippen LogP contribution in [0, 0.1) is 5.82 Å². The van der Waals surface area contributed by atoms with Crippen molar-refractivity contribution in [2.24, 2.45) is 5.73 Å². The molecule has 0 aliphatic rings. The molecule has 3 aromatic rings. The number of halogens is 2. The summed E-state index contributed by atoms with van der Waals surface area (Å²) in [7, 11) is 0. The lowest BCUT2D eigenvalue weighted by Gasteiger charge is -2.11. The number of aromatic nitrogens is 3. The van der Waals surface area contributed by atoms with Crippen LogP contribution in [0.1, 0.15) is 5.56 Å². The Morgan fingerprint density at radius 3 is 2.48 bits per heavy atom. The molecule has 0 aliphatic carbocycles. The molecule has 0 amide bonds. The van der Waals surface area contributed by atoms with E-state index in [1.54, 1.807) is 0 Å². The summed E-state index contributed by atoms with van der Waals surface area (Å²) in [6.45, 7) is 0.0237. The first-order chi connectivity index (χ1) is 11.1. The topological polar surface area (TPSA) is 90.7 Å². The Kier molecular flexibility index (Phi) is 4.18. The minimum absolute atomic E-state index is 0.00841.